The van der Waals surface area contributed by atoms with E-state index in [1.165, 1.54) is 6.33 Å². The molecule has 0 aliphatic carbocycles. The fraction of sp³-hybridized carbons (Fsp3) is 0.200. The number of nitrogens with zero attached hydrogens (tertiary/aromatic N) is 2. The number of aromatic nitrogens is 3. The number of hydrogen-bond donors (Lipinski definition) is 3. The lowest BCUT2D eigenvalue weighted by atomic mass is 10.0. The third-order valence-electron chi connectivity index (χ3n) is 5.01. The maximum absolute atomic E-state index is 12.4. The Morgan fingerprint density at radius 2 is 1.72 bits per heavy atom. The number of carbonyl (C=O) groups excluding carboxylic acids is 2. The number of H-pyrrole nitrogens is 1. The van der Waals surface area contributed by atoms with Crippen LogP contribution in [0.1, 0.15) is 36.3 Å². The zero-order valence-electron chi connectivity index (χ0n) is 18.3. The Bertz CT molecular complexity index is 1280. The van der Waals surface area contributed by atoms with E-state index in [9.17, 15) is 9.59 Å². The number of carbonyl (C=O) groups is 2. The molecular weight excluding hydrogens is 402 g/mol. The van der Waals surface area contributed by atoms with Crippen molar-refractivity contribution in [2.45, 2.75) is 27.2 Å². The molecule has 2 aromatic heterocycles. The lowest BCUT2D eigenvalue weighted by Gasteiger charge is -2.10. The Hall–Kier alpha value is -4.00. The number of rotatable bonds is 6. The standard InChI is InChI=1S/C25H25N5O2/c1-15(2)11-22(31)18-5-4-6-20(13-18)30-25(32)29-19-9-7-17(8-10-19)23-21-12-16(3)28-24(21)27-14-26-23/h4-10,12-15H,11H2,1-3H3,(H,26,27,28)(H2,29,30,32). The second kappa shape index (κ2) is 9.01. The summed E-state index contributed by atoms with van der Waals surface area (Å²) in [6.45, 7) is 5.99. The summed E-state index contributed by atoms with van der Waals surface area (Å²) in [6.07, 6.45) is 2.01. The molecule has 2 amide bonds. The normalized spacial score (nSPS) is 11.0. The van der Waals surface area contributed by atoms with Gasteiger partial charge in [0.15, 0.2) is 5.78 Å². The van der Waals surface area contributed by atoms with Crippen molar-refractivity contribution in [3.05, 3.63) is 72.2 Å². The zero-order valence-corrected chi connectivity index (χ0v) is 18.3. The molecule has 0 atom stereocenters. The van der Waals surface area contributed by atoms with Crippen LogP contribution >= 0.6 is 0 Å². The van der Waals surface area contributed by atoms with Crippen LogP contribution in [0.3, 0.4) is 0 Å². The second-order valence-corrected chi connectivity index (χ2v) is 8.20. The maximum atomic E-state index is 12.4. The van der Waals surface area contributed by atoms with E-state index in [1.807, 2.05) is 51.1 Å². The minimum Gasteiger partial charge on any atom is -0.343 e. The molecule has 0 bridgehead atoms. The Morgan fingerprint density at radius 3 is 2.47 bits per heavy atom. The number of urea groups is 1. The zero-order chi connectivity index (χ0) is 22.7. The van der Waals surface area contributed by atoms with Gasteiger partial charge in [-0.3, -0.25) is 4.79 Å². The molecule has 4 aromatic rings. The molecule has 7 heteroatoms. The third-order valence-corrected chi connectivity index (χ3v) is 5.01. The van der Waals surface area contributed by atoms with Crippen molar-refractivity contribution in [2.24, 2.45) is 5.92 Å². The highest BCUT2D eigenvalue weighted by atomic mass is 16.2. The fourth-order valence-electron chi connectivity index (χ4n) is 3.57. The summed E-state index contributed by atoms with van der Waals surface area (Å²) < 4.78 is 0. The molecule has 0 unspecified atom stereocenters. The van der Waals surface area contributed by atoms with Gasteiger partial charge in [0, 0.05) is 40.0 Å². The lowest BCUT2D eigenvalue weighted by Crippen LogP contribution is -2.19. The van der Waals surface area contributed by atoms with Crippen molar-refractivity contribution >= 4 is 34.2 Å². The predicted octanol–water partition coefficient (Wildman–Crippen LogP) is 5.81. The Labute approximate surface area is 186 Å². The van der Waals surface area contributed by atoms with Crippen LogP contribution in [0, 0.1) is 12.8 Å². The smallest absolute Gasteiger partial charge is 0.323 e. The van der Waals surface area contributed by atoms with E-state index in [0.717, 1.165) is 28.0 Å². The number of benzene rings is 2. The number of anilines is 2. The molecule has 32 heavy (non-hydrogen) atoms. The third kappa shape index (κ3) is 4.83. The van der Waals surface area contributed by atoms with Gasteiger partial charge in [-0.1, -0.05) is 38.1 Å². The van der Waals surface area contributed by atoms with E-state index in [-0.39, 0.29) is 17.7 Å². The summed E-state index contributed by atoms with van der Waals surface area (Å²) in [5.41, 5.74) is 5.39. The van der Waals surface area contributed by atoms with E-state index in [2.05, 4.69) is 25.6 Å². The number of aromatic amines is 1. The van der Waals surface area contributed by atoms with Gasteiger partial charge in [0.05, 0.1) is 5.69 Å². The minimum atomic E-state index is -0.378. The number of nitrogens with one attached hydrogen (secondary N) is 3. The molecule has 0 saturated heterocycles. The van der Waals surface area contributed by atoms with Crippen LogP contribution in [0.25, 0.3) is 22.3 Å². The summed E-state index contributed by atoms with van der Waals surface area (Å²) in [5.74, 6) is 0.348. The van der Waals surface area contributed by atoms with E-state index in [4.69, 9.17) is 0 Å². The monoisotopic (exact) mass is 427 g/mol. The first-order valence-corrected chi connectivity index (χ1v) is 10.5. The molecule has 7 nitrogen and oxygen atoms in total. The van der Waals surface area contributed by atoms with Gasteiger partial charge in [-0.15, -0.1) is 0 Å². The number of hydrogen-bond acceptors (Lipinski definition) is 4. The summed E-state index contributed by atoms with van der Waals surface area (Å²) in [7, 11) is 0. The highest BCUT2D eigenvalue weighted by molar-refractivity contribution is 6.02. The molecule has 0 spiro atoms. The van der Waals surface area contributed by atoms with Crippen molar-refractivity contribution < 1.29 is 9.59 Å². The van der Waals surface area contributed by atoms with Gasteiger partial charge in [0.1, 0.15) is 12.0 Å². The molecule has 2 heterocycles. The van der Waals surface area contributed by atoms with Crippen molar-refractivity contribution in [1.29, 1.82) is 0 Å². The van der Waals surface area contributed by atoms with E-state index < -0.39 is 0 Å². The SMILES string of the molecule is Cc1cc2c(-c3ccc(NC(=O)Nc4cccc(C(=O)CC(C)C)c4)cc3)ncnc2[nH]1. The van der Waals surface area contributed by atoms with E-state index in [0.29, 0.717) is 23.4 Å². The summed E-state index contributed by atoms with van der Waals surface area (Å²) >= 11 is 0. The van der Waals surface area contributed by atoms with Gasteiger partial charge < -0.3 is 15.6 Å². The van der Waals surface area contributed by atoms with Crippen LogP contribution in [0.2, 0.25) is 0 Å². The van der Waals surface area contributed by atoms with Gasteiger partial charge in [-0.05, 0) is 43.2 Å². The molecule has 0 fully saturated rings. The first kappa shape index (κ1) is 21.2. The largest absolute Gasteiger partial charge is 0.343 e. The van der Waals surface area contributed by atoms with Crippen molar-refractivity contribution in [2.75, 3.05) is 10.6 Å². The summed E-state index contributed by atoms with van der Waals surface area (Å²) in [6, 6.07) is 16.1. The van der Waals surface area contributed by atoms with Crippen molar-refractivity contribution in [3.8, 4) is 11.3 Å². The van der Waals surface area contributed by atoms with Gasteiger partial charge in [0.2, 0.25) is 0 Å². The quantitative estimate of drug-likeness (QED) is 0.338. The molecule has 0 aliphatic rings. The van der Waals surface area contributed by atoms with Crippen LogP contribution < -0.4 is 10.6 Å². The molecule has 162 valence electrons. The highest BCUT2D eigenvalue weighted by Crippen LogP contribution is 2.27. The van der Waals surface area contributed by atoms with Gasteiger partial charge in [-0.25, -0.2) is 14.8 Å². The van der Waals surface area contributed by atoms with Crippen LogP contribution in [-0.4, -0.2) is 26.8 Å². The Morgan fingerprint density at radius 1 is 0.969 bits per heavy atom. The fourth-order valence-corrected chi connectivity index (χ4v) is 3.57. The number of amides is 2. The van der Waals surface area contributed by atoms with Crippen molar-refractivity contribution in [1.82, 2.24) is 15.0 Å². The summed E-state index contributed by atoms with van der Waals surface area (Å²) in [5, 5.41) is 6.56. The number of ketones is 1. The van der Waals surface area contributed by atoms with E-state index >= 15 is 0 Å². The van der Waals surface area contributed by atoms with Gasteiger partial charge in [-0.2, -0.15) is 0 Å². The lowest BCUT2D eigenvalue weighted by molar-refractivity contribution is 0.0968. The summed E-state index contributed by atoms with van der Waals surface area (Å²) in [4.78, 5) is 36.6. The predicted molar refractivity (Wildman–Crippen MR) is 127 cm³/mol. The van der Waals surface area contributed by atoms with Crippen LogP contribution in [-0.2, 0) is 0 Å². The van der Waals surface area contributed by atoms with Crippen molar-refractivity contribution in [3.63, 3.8) is 0 Å². The average Bonchev–Trinajstić information content (AvgIpc) is 3.14. The van der Waals surface area contributed by atoms with Crippen LogP contribution in [0.15, 0.2) is 60.9 Å². The molecule has 2 aromatic carbocycles. The number of aryl methyl sites for hydroxylation is 1. The molecule has 0 radical (unpaired) electrons. The number of fused-ring (bicyclic) bond motifs is 1. The van der Waals surface area contributed by atoms with Crippen LogP contribution in [0.5, 0.6) is 0 Å². The molecule has 0 aliphatic heterocycles. The molecule has 4 rings (SSSR count). The Kier molecular flexibility index (Phi) is 5.98. The molecule has 0 saturated carbocycles. The minimum absolute atomic E-state index is 0.0658. The molecular formula is C25H25N5O2. The number of Topliss-reactive ketones (excluding diaryl/α,β-unsaturated/α-hetero) is 1. The van der Waals surface area contributed by atoms with Crippen LogP contribution in [0.4, 0.5) is 16.2 Å². The first-order valence-electron chi connectivity index (χ1n) is 10.5. The average molecular weight is 428 g/mol. The highest BCUT2D eigenvalue weighted by Gasteiger charge is 2.11. The Balaban J connectivity index is 1.44. The maximum Gasteiger partial charge on any atom is 0.323 e. The topological polar surface area (TPSA) is 99.8 Å². The van der Waals surface area contributed by atoms with Gasteiger partial charge >= 0.3 is 6.03 Å². The molecule has 3 N–H and O–H groups in total. The van der Waals surface area contributed by atoms with Gasteiger partial charge in [0.25, 0.3) is 0 Å². The second-order valence-electron chi connectivity index (χ2n) is 8.20. The first-order chi connectivity index (χ1) is 15.4. The van der Waals surface area contributed by atoms with E-state index in [1.54, 1.807) is 24.3 Å².